The Bertz CT molecular complexity index is 910. The van der Waals surface area contributed by atoms with Gasteiger partial charge in [-0.3, -0.25) is 9.69 Å². The second-order valence-electron chi connectivity index (χ2n) is 7.59. The van der Waals surface area contributed by atoms with E-state index in [1.807, 2.05) is 24.3 Å². The maximum atomic E-state index is 14.1. The van der Waals surface area contributed by atoms with Gasteiger partial charge in [0.05, 0.1) is 0 Å². The monoisotopic (exact) mass is 411 g/mol. The highest BCUT2D eigenvalue weighted by atomic mass is 19.1. The summed E-state index contributed by atoms with van der Waals surface area (Å²) in [5.41, 5.74) is 6.57. The number of carbonyl (C=O) groups is 1. The number of nitrogens with two attached hydrogens (primary N) is 1. The maximum absolute atomic E-state index is 14.1. The third-order valence-electron chi connectivity index (χ3n) is 5.50. The van der Waals surface area contributed by atoms with E-state index in [2.05, 4.69) is 9.89 Å². The Hall–Kier alpha value is -2.77. The molecule has 7 heteroatoms. The van der Waals surface area contributed by atoms with E-state index in [9.17, 15) is 9.18 Å². The predicted molar refractivity (Wildman–Crippen MR) is 112 cm³/mol. The minimum Gasteiger partial charge on any atom is -0.492 e. The molecule has 2 heterocycles. The molecule has 30 heavy (non-hydrogen) atoms. The Morgan fingerprint density at radius 2 is 1.87 bits per heavy atom. The minimum absolute atomic E-state index is 0.0852. The van der Waals surface area contributed by atoms with Crippen LogP contribution in [-0.4, -0.2) is 42.8 Å². The molecule has 1 amide bonds. The standard InChI is InChI=1S/C23H26FN3O3/c24-19-7-3-2-6-18(19)23-26-20(22(25)28)21(30-23)16-8-10-17(11-9-16)29-15-14-27-12-4-1-5-13-27/h2-3,6-11,21,23H,1,4-5,12-15H2,(H2,25,28). The van der Waals surface area contributed by atoms with Crippen LogP contribution in [0.15, 0.2) is 53.5 Å². The van der Waals surface area contributed by atoms with Gasteiger partial charge in [-0.25, -0.2) is 9.38 Å². The smallest absolute Gasteiger partial charge is 0.265 e. The van der Waals surface area contributed by atoms with Crippen LogP contribution in [0.4, 0.5) is 4.39 Å². The zero-order valence-corrected chi connectivity index (χ0v) is 16.8. The normalized spacial score (nSPS) is 22.0. The zero-order chi connectivity index (χ0) is 20.9. The number of aliphatic imine (C=N–C) groups is 1. The fraction of sp³-hybridized carbons (Fsp3) is 0.391. The van der Waals surface area contributed by atoms with Crippen molar-refractivity contribution < 1.29 is 18.7 Å². The number of carbonyl (C=O) groups excluding carboxylic acids is 1. The van der Waals surface area contributed by atoms with Gasteiger partial charge in [-0.1, -0.05) is 36.8 Å². The number of halogens is 1. The number of piperidine rings is 1. The Balaban J connectivity index is 1.41. The van der Waals surface area contributed by atoms with Crippen molar-refractivity contribution in [3.05, 3.63) is 65.5 Å². The highest BCUT2D eigenvalue weighted by Crippen LogP contribution is 2.36. The zero-order valence-electron chi connectivity index (χ0n) is 16.8. The second-order valence-corrected chi connectivity index (χ2v) is 7.59. The van der Waals surface area contributed by atoms with Crippen LogP contribution in [0.3, 0.4) is 0 Å². The van der Waals surface area contributed by atoms with Gasteiger partial charge in [0.2, 0.25) is 0 Å². The molecule has 0 bridgehead atoms. The van der Waals surface area contributed by atoms with Gasteiger partial charge < -0.3 is 15.2 Å². The largest absolute Gasteiger partial charge is 0.492 e. The lowest BCUT2D eigenvalue weighted by Crippen LogP contribution is -2.33. The molecule has 2 aromatic carbocycles. The number of rotatable bonds is 7. The van der Waals surface area contributed by atoms with Crippen LogP contribution >= 0.6 is 0 Å². The van der Waals surface area contributed by atoms with Crippen molar-refractivity contribution in [2.45, 2.75) is 31.6 Å². The van der Waals surface area contributed by atoms with Crippen LogP contribution in [0.5, 0.6) is 5.75 Å². The number of primary amides is 1. The van der Waals surface area contributed by atoms with E-state index in [0.29, 0.717) is 6.61 Å². The molecule has 2 aromatic rings. The summed E-state index contributed by atoms with van der Waals surface area (Å²) in [7, 11) is 0. The van der Waals surface area contributed by atoms with Gasteiger partial charge in [0.25, 0.3) is 5.91 Å². The molecular formula is C23H26FN3O3. The Labute approximate surface area is 175 Å². The van der Waals surface area contributed by atoms with Gasteiger partial charge in [0.15, 0.2) is 6.23 Å². The van der Waals surface area contributed by atoms with Crippen molar-refractivity contribution in [2.75, 3.05) is 26.2 Å². The van der Waals surface area contributed by atoms with Gasteiger partial charge in [0.1, 0.15) is 30.0 Å². The van der Waals surface area contributed by atoms with Crippen molar-refractivity contribution >= 4 is 11.6 Å². The summed E-state index contributed by atoms with van der Waals surface area (Å²) in [5.74, 6) is -0.370. The molecule has 4 rings (SSSR count). The fourth-order valence-electron chi connectivity index (χ4n) is 3.88. The van der Waals surface area contributed by atoms with Crippen LogP contribution in [0, 0.1) is 5.82 Å². The molecule has 0 aromatic heterocycles. The fourth-order valence-corrected chi connectivity index (χ4v) is 3.88. The Morgan fingerprint density at radius 3 is 2.57 bits per heavy atom. The maximum Gasteiger partial charge on any atom is 0.265 e. The molecule has 2 aliphatic heterocycles. The predicted octanol–water partition coefficient (Wildman–Crippen LogP) is 3.39. The molecule has 2 unspecified atom stereocenters. The van der Waals surface area contributed by atoms with Gasteiger partial charge in [-0.15, -0.1) is 0 Å². The van der Waals surface area contributed by atoms with Gasteiger partial charge in [-0.05, 0) is 49.7 Å². The molecule has 2 N–H and O–H groups in total. The molecule has 0 aliphatic carbocycles. The van der Waals surface area contributed by atoms with Crippen LogP contribution < -0.4 is 10.5 Å². The van der Waals surface area contributed by atoms with E-state index in [0.717, 1.165) is 30.9 Å². The van der Waals surface area contributed by atoms with E-state index in [1.165, 1.54) is 25.3 Å². The molecule has 0 radical (unpaired) electrons. The van der Waals surface area contributed by atoms with Gasteiger partial charge in [-0.2, -0.15) is 0 Å². The molecule has 1 fully saturated rings. The van der Waals surface area contributed by atoms with Gasteiger partial charge in [0, 0.05) is 12.1 Å². The highest BCUT2D eigenvalue weighted by molar-refractivity contribution is 6.40. The quantitative estimate of drug-likeness (QED) is 0.758. The van der Waals surface area contributed by atoms with Crippen LogP contribution in [0.1, 0.15) is 42.7 Å². The summed E-state index contributed by atoms with van der Waals surface area (Å²) in [4.78, 5) is 18.6. The number of nitrogens with zero attached hydrogens (tertiary/aromatic N) is 2. The molecule has 2 aliphatic rings. The number of likely N-dealkylation sites (tertiary alicyclic amines) is 1. The molecule has 6 nitrogen and oxygen atoms in total. The number of amides is 1. The first-order valence-corrected chi connectivity index (χ1v) is 10.3. The summed E-state index contributed by atoms with van der Waals surface area (Å²) in [6.07, 6.45) is 2.19. The SMILES string of the molecule is NC(=O)C1=NC(c2ccccc2F)OC1c1ccc(OCCN2CCCCC2)cc1. The van der Waals surface area contributed by atoms with Crippen molar-refractivity contribution in [2.24, 2.45) is 10.7 Å². The third-order valence-corrected chi connectivity index (χ3v) is 5.50. The molecule has 1 saturated heterocycles. The van der Waals surface area contributed by atoms with E-state index >= 15 is 0 Å². The summed E-state index contributed by atoms with van der Waals surface area (Å²) >= 11 is 0. The molecule has 2 atom stereocenters. The van der Waals surface area contributed by atoms with E-state index < -0.39 is 24.1 Å². The van der Waals surface area contributed by atoms with E-state index in [-0.39, 0.29) is 11.3 Å². The van der Waals surface area contributed by atoms with Crippen molar-refractivity contribution in [3.63, 3.8) is 0 Å². The molecule has 0 spiro atoms. The lowest BCUT2D eigenvalue weighted by molar-refractivity contribution is -0.112. The van der Waals surface area contributed by atoms with E-state index in [4.69, 9.17) is 15.2 Å². The topological polar surface area (TPSA) is 77.2 Å². The molecule has 158 valence electrons. The number of ether oxygens (including phenoxy) is 2. The highest BCUT2D eigenvalue weighted by Gasteiger charge is 2.35. The van der Waals surface area contributed by atoms with Crippen molar-refractivity contribution in [3.8, 4) is 5.75 Å². The second kappa shape index (κ2) is 9.36. The molecular weight excluding hydrogens is 385 g/mol. The first-order valence-electron chi connectivity index (χ1n) is 10.3. The average molecular weight is 411 g/mol. The minimum atomic E-state index is -0.904. The first-order chi connectivity index (χ1) is 14.6. The summed E-state index contributed by atoms with van der Waals surface area (Å²) in [6.45, 7) is 3.82. The number of benzene rings is 2. The number of hydrogen-bond acceptors (Lipinski definition) is 5. The summed E-state index contributed by atoms with van der Waals surface area (Å²) in [6, 6.07) is 13.5. The lowest BCUT2D eigenvalue weighted by Gasteiger charge is -2.26. The Morgan fingerprint density at radius 1 is 1.13 bits per heavy atom. The number of hydrogen-bond donors (Lipinski definition) is 1. The molecule has 0 saturated carbocycles. The third kappa shape index (κ3) is 4.68. The van der Waals surface area contributed by atoms with Crippen molar-refractivity contribution in [1.82, 2.24) is 4.90 Å². The Kier molecular flexibility index (Phi) is 6.40. The summed E-state index contributed by atoms with van der Waals surface area (Å²) in [5, 5.41) is 0. The first kappa shape index (κ1) is 20.5. The summed E-state index contributed by atoms with van der Waals surface area (Å²) < 4.78 is 25.9. The van der Waals surface area contributed by atoms with Crippen LogP contribution in [-0.2, 0) is 9.53 Å². The van der Waals surface area contributed by atoms with Crippen molar-refractivity contribution in [1.29, 1.82) is 0 Å². The van der Waals surface area contributed by atoms with E-state index in [1.54, 1.807) is 18.2 Å². The van der Waals surface area contributed by atoms with Crippen LogP contribution in [0.2, 0.25) is 0 Å². The van der Waals surface area contributed by atoms with Crippen LogP contribution in [0.25, 0.3) is 0 Å². The lowest BCUT2D eigenvalue weighted by atomic mass is 10.0. The van der Waals surface area contributed by atoms with Gasteiger partial charge >= 0.3 is 0 Å². The average Bonchev–Trinajstić information content (AvgIpc) is 3.21.